The third-order valence-corrected chi connectivity index (χ3v) is 7.24. The SMILES string of the molecule is COC(=O)CSC(C(Cl)C#N)S(=O)(=O)c1ccc(C)cc1. The van der Waals surface area contributed by atoms with Gasteiger partial charge in [-0.3, -0.25) is 4.79 Å². The molecule has 0 aliphatic carbocycles. The van der Waals surface area contributed by atoms with Gasteiger partial charge in [0.25, 0.3) is 0 Å². The van der Waals surface area contributed by atoms with Crippen LogP contribution in [-0.4, -0.2) is 37.2 Å². The van der Waals surface area contributed by atoms with Crippen LogP contribution in [0.4, 0.5) is 0 Å². The number of ether oxygens (including phenoxy) is 1. The van der Waals surface area contributed by atoms with E-state index < -0.39 is 25.8 Å². The second-order valence-corrected chi connectivity index (χ2v) is 8.11. The largest absolute Gasteiger partial charge is 0.468 e. The highest BCUT2D eigenvalue weighted by Crippen LogP contribution is 2.30. The van der Waals surface area contributed by atoms with Gasteiger partial charge in [0.05, 0.1) is 23.8 Å². The van der Waals surface area contributed by atoms with Crippen molar-refractivity contribution in [1.82, 2.24) is 0 Å². The first-order chi connectivity index (χ1) is 9.82. The Bertz CT molecular complexity index is 637. The molecule has 2 unspecified atom stereocenters. The maximum Gasteiger partial charge on any atom is 0.315 e. The summed E-state index contributed by atoms with van der Waals surface area (Å²) >= 11 is 6.59. The predicted octanol–water partition coefficient (Wildman–Crippen LogP) is 2.13. The average molecular weight is 348 g/mol. The zero-order valence-corrected chi connectivity index (χ0v) is 13.8. The molecule has 0 aromatic heterocycles. The van der Waals surface area contributed by atoms with Crippen molar-refractivity contribution < 1.29 is 17.9 Å². The topological polar surface area (TPSA) is 84.2 Å². The highest BCUT2D eigenvalue weighted by atomic mass is 35.5. The average Bonchev–Trinajstić information content (AvgIpc) is 2.46. The Morgan fingerprint density at radius 1 is 1.43 bits per heavy atom. The summed E-state index contributed by atoms with van der Waals surface area (Å²) in [4.78, 5) is 11.2. The van der Waals surface area contributed by atoms with Crippen LogP contribution in [0.2, 0.25) is 0 Å². The maximum atomic E-state index is 12.5. The van der Waals surface area contributed by atoms with Gasteiger partial charge < -0.3 is 4.74 Å². The van der Waals surface area contributed by atoms with Crippen molar-refractivity contribution in [1.29, 1.82) is 5.26 Å². The molecule has 0 fully saturated rings. The van der Waals surface area contributed by atoms with Gasteiger partial charge in [-0.1, -0.05) is 17.7 Å². The van der Waals surface area contributed by atoms with Crippen LogP contribution in [0.15, 0.2) is 29.2 Å². The molecular weight excluding hydrogens is 334 g/mol. The molecule has 21 heavy (non-hydrogen) atoms. The number of aryl methyl sites for hydroxylation is 1. The summed E-state index contributed by atoms with van der Waals surface area (Å²) in [6, 6.07) is 7.93. The van der Waals surface area contributed by atoms with Crippen LogP contribution in [0.1, 0.15) is 5.56 Å². The van der Waals surface area contributed by atoms with Crippen molar-refractivity contribution in [3.05, 3.63) is 29.8 Å². The number of benzene rings is 1. The van der Waals surface area contributed by atoms with Crippen LogP contribution >= 0.6 is 23.4 Å². The molecule has 0 amide bonds. The summed E-state index contributed by atoms with van der Waals surface area (Å²) in [7, 11) is -2.63. The third kappa shape index (κ3) is 4.63. The Balaban J connectivity index is 3.09. The molecule has 0 aliphatic heterocycles. The fraction of sp³-hybridized carbons (Fsp3) is 0.385. The molecule has 0 aliphatic rings. The highest BCUT2D eigenvalue weighted by molar-refractivity contribution is 8.14. The molecule has 5 nitrogen and oxygen atoms in total. The van der Waals surface area contributed by atoms with Crippen molar-refractivity contribution in [2.45, 2.75) is 21.8 Å². The summed E-state index contributed by atoms with van der Waals surface area (Å²) in [6.07, 6.45) is 0. The van der Waals surface area contributed by atoms with Crippen molar-refractivity contribution in [3.63, 3.8) is 0 Å². The fourth-order valence-corrected chi connectivity index (χ4v) is 5.15. The third-order valence-electron chi connectivity index (χ3n) is 2.61. The zero-order chi connectivity index (χ0) is 16.0. The number of halogens is 1. The van der Waals surface area contributed by atoms with Crippen LogP contribution in [-0.2, 0) is 19.4 Å². The van der Waals surface area contributed by atoms with Crippen LogP contribution in [0.5, 0.6) is 0 Å². The number of esters is 1. The smallest absolute Gasteiger partial charge is 0.315 e. The number of rotatable bonds is 6. The number of carbonyl (C=O) groups excluding carboxylic acids is 1. The Morgan fingerprint density at radius 3 is 2.48 bits per heavy atom. The molecule has 114 valence electrons. The first-order valence-electron chi connectivity index (χ1n) is 5.85. The molecule has 0 saturated heterocycles. The Morgan fingerprint density at radius 2 is 2.00 bits per heavy atom. The number of nitrogens with zero attached hydrogens (tertiary/aromatic N) is 1. The minimum Gasteiger partial charge on any atom is -0.468 e. The first-order valence-corrected chi connectivity index (χ1v) is 8.88. The van der Waals surface area contributed by atoms with Crippen LogP contribution in [0.25, 0.3) is 0 Å². The van der Waals surface area contributed by atoms with E-state index in [4.69, 9.17) is 16.9 Å². The van der Waals surface area contributed by atoms with E-state index in [1.54, 1.807) is 18.2 Å². The standard InChI is InChI=1S/C13H14ClNO4S2/c1-9-3-5-10(6-4-9)21(17,18)13(11(14)7-15)20-8-12(16)19-2/h3-6,11,13H,8H2,1-2H3. The maximum absolute atomic E-state index is 12.5. The van der Waals surface area contributed by atoms with Crippen LogP contribution < -0.4 is 0 Å². The van der Waals surface area contributed by atoms with Gasteiger partial charge >= 0.3 is 5.97 Å². The second kappa shape index (κ2) is 7.69. The summed E-state index contributed by atoms with van der Waals surface area (Å²) < 4.78 is 28.3. The fourth-order valence-electron chi connectivity index (χ4n) is 1.46. The summed E-state index contributed by atoms with van der Waals surface area (Å²) in [5.74, 6) is -0.775. The minimum absolute atomic E-state index is 0.0661. The molecule has 1 aromatic carbocycles. The Hall–Kier alpha value is -1.23. The number of thioether (sulfide) groups is 1. The minimum atomic E-state index is -3.83. The van der Waals surface area contributed by atoms with E-state index in [0.717, 1.165) is 17.3 Å². The number of hydrogen-bond donors (Lipinski definition) is 0. The number of sulfone groups is 1. The van der Waals surface area contributed by atoms with Crippen molar-refractivity contribution in [2.75, 3.05) is 12.9 Å². The predicted molar refractivity (Wildman–Crippen MR) is 81.9 cm³/mol. The van der Waals surface area contributed by atoms with E-state index in [2.05, 4.69) is 4.74 Å². The second-order valence-electron chi connectivity index (χ2n) is 4.14. The van der Waals surface area contributed by atoms with Crippen LogP contribution in [0.3, 0.4) is 0 Å². The molecule has 0 N–H and O–H groups in total. The number of methoxy groups -OCH3 is 1. The normalized spacial score (nSPS) is 14.0. The quantitative estimate of drug-likeness (QED) is 0.579. The van der Waals surface area contributed by atoms with Crippen molar-refractivity contribution in [3.8, 4) is 6.07 Å². The van der Waals surface area contributed by atoms with Gasteiger partial charge in [0, 0.05) is 0 Å². The van der Waals surface area contributed by atoms with Crippen molar-refractivity contribution >= 4 is 39.2 Å². The lowest BCUT2D eigenvalue weighted by Gasteiger charge is -2.17. The van der Waals surface area contributed by atoms with Gasteiger partial charge in [-0.2, -0.15) is 5.26 Å². The van der Waals surface area contributed by atoms with E-state index >= 15 is 0 Å². The number of nitriles is 1. The van der Waals surface area contributed by atoms with E-state index in [-0.39, 0.29) is 10.6 Å². The zero-order valence-electron chi connectivity index (χ0n) is 11.4. The van der Waals surface area contributed by atoms with Gasteiger partial charge in [-0.05, 0) is 19.1 Å². The van der Waals surface area contributed by atoms with Gasteiger partial charge in [0.2, 0.25) is 0 Å². The van der Waals surface area contributed by atoms with E-state index in [1.807, 2.05) is 6.92 Å². The lowest BCUT2D eigenvalue weighted by atomic mass is 10.2. The van der Waals surface area contributed by atoms with Gasteiger partial charge in [-0.25, -0.2) is 8.42 Å². The summed E-state index contributed by atoms with van der Waals surface area (Å²) in [5, 5.41) is 7.63. The Kier molecular flexibility index (Phi) is 6.52. The van der Waals surface area contributed by atoms with Crippen molar-refractivity contribution in [2.24, 2.45) is 0 Å². The lowest BCUT2D eigenvalue weighted by molar-refractivity contribution is -0.137. The molecule has 8 heteroatoms. The molecule has 0 bridgehead atoms. The molecule has 2 atom stereocenters. The molecule has 1 aromatic rings. The number of carbonyl (C=O) groups is 1. The number of alkyl halides is 1. The van der Waals surface area contributed by atoms with E-state index in [1.165, 1.54) is 19.2 Å². The summed E-state index contributed by atoms with van der Waals surface area (Å²) in [5.41, 5.74) is 0.912. The van der Waals surface area contributed by atoms with E-state index in [0.29, 0.717) is 0 Å². The molecular formula is C13H14ClNO4S2. The molecule has 0 heterocycles. The highest BCUT2D eigenvalue weighted by Gasteiger charge is 2.35. The number of hydrogen-bond acceptors (Lipinski definition) is 6. The molecule has 0 radical (unpaired) electrons. The lowest BCUT2D eigenvalue weighted by Crippen LogP contribution is -2.28. The van der Waals surface area contributed by atoms with Gasteiger partial charge in [0.1, 0.15) is 9.96 Å². The molecule has 0 spiro atoms. The molecule has 1 rings (SSSR count). The first kappa shape index (κ1) is 17.8. The molecule has 0 saturated carbocycles. The monoisotopic (exact) mass is 347 g/mol. The Labute approximate surface area is 133 Å². The van der Waals surface area contributed by atoms with Gasteiger partial charge in [-0.15, -0.1) is 23.4 Å². The summed E-state index contributed by atoms with van der Waals surface area (Å²) in [6.45, 7) is 1.83. The van der Waals surface area contributed by atoms with E-state index in [9.17, 15) is 13.2 Å². The van der Waals surface area contributed by atoms with Gasteiger partial charge in [0.15, 0.2) is 9.84 Å². The van der Waals surface area contributed by atoms with Crippen LogP contribution in [0, 0.1) is 18.3 Å².